The van der Waals surface area contributed by atoms with Crippen molar-refractivity contribution in [2.45, 2.75) is 31.5 Å². The molecule has 0 saturated heterocycles. The Bertz CT molecular complexity index is 407. The smallest absolute Gasteiger partial charge is 0.396 e. The number of hydrogen-bond acceptors (Lipinski definition) is 8. The minimum absolute atomic E-state index is 0.725. The van der Waals surface area contributed by atoms with Crippen molar-refractivity contribution < 1.29 is 37.2 Å². The number of aliphatic hydroxyl groups is 3. The summed E-state index contributed by atoms with van der Waals surface area (Å²) in [6, 6.07) is -1.34. The Morgan fingerprint density at radius 2 is 2.00 bits per heavy atom. The molecule has 0 aromatic heterocycles. The standard InChI is InChI=1S/C7H15N3O8S/c1-4(12)6(3-17-19(14,15)16)18-7(13)5(2-11)9-10-8/h4-7,11-13H,2-3H2,1H3,(H,14,15,16)/t4-,5-,6?,7?/m0/s1. The molecule has 0 aromatic rings. The first-order chi connectivity index (χ1) is 8.71. The van der Waals surface area contributed by atoms with E-state index in [4.69, 9.17) is 19.9 Å². The molecule has 0 radical (unpaired) electrons. The zero-order chi connectivity index (χ0) is 15.1. The maximum Gasteiger partial charge on any atom is 0.397 e. The predicted octanol–water partition coefficient (Wildman–Crippen LogP) is -1.44. The summed E-state index contributed by atoms with van der Waals surface area (Å²) >= 11 is 0. The molecule has 0 saturated carbocycles. The molecule has 0 aliphatic rings. The molecule has 0 spiro atoms. The topological polar surface area (TPSA) is 182 Å². The van der Waals surface area contributed by atoms with E-state index in [0.717, 1.165) is 0 Å². The van der Waals surface area contributed by atoms with Gasteiger partial charge < -0.3 is 20.1 Å². The summed E-state index contributed by atoms with van der Waals surface area (Å²) in [5.74, 6) is 0. The second-order valence-corrected chi connectivity index (χ2v) is 4.56. The Hall–Kier alpha value is -0.980. The van der Waals surface area contributed by atoms with Gasteiger partial charge in [-0.3, -0.25) is 4.55 Å². The number of aliphatic hydroxyl groups excluding tert-OH is 3. The molecule has 0 amide bonds. The van der Waals surface area contributed by atoms with Gasteiger partial charge in [-0.1, -0.05) is 5.11 Å². The van der Waals surface area contributed by atoms with E-state index in [1.165, 1.54) is 6.92 Å². The van der Waals surface area contributed by atoms with Gasteiger partial charge in [0.05, 0.1) is 19.3 Å². The number of nitrogens with zero attached hydrogens (tertiary/aromatic N) is 3. The molecule has 19 heavy (non-hydrogen) atoms. The normalized spacial score (nSPS) is 18.2. The maximum atomic E-state index is 10.4. The molecule has 0 aliphatic heterocycles. The number of rotatable bonds is 9. The molecule has 0 heterocycles. The van der Waals surface area contributed by atoms with Gasteiger partial charge in [-0.25, -0.2) is 4.18 Å². The lowest BCUT2D eigenvalue weighted by molar-refractivity contribution is -0.182. The lowest BCUT2D eigenvalue weighted by atomic mass is 10.2. The molecular weight excluding hydrogens is 286 g/mol. The third-order valence-corrected chi connectivity index (χ3v) is 2.38. The van der Waals surface area contributed by atoms with Crippen molar-refractivity contribution in [1.29, 1.82) is 0 Å². The molecule has 0 rings (SSSR count). The van der Waals surface area contributed by atoms with Gasteiger partial charge in [0.2, 0.25) is 0 Å². The quantitative estimate of drug-likeness (QED) is 0.131. The van der Waals surface area contributed by atoms with E-state index in [0.29, 0.717) is 0 Å². The van der Waals surface area contributed by atoms with Gasteiger partial charge in [-0.15, -0.1) is 0 Å². The summed E-state index contributed by atoms with van der Waals surface area (Å²) in [7, 11) is -4.73. The summed E-state index contributed by atoms with van der Waals surface area (Å²) in [6.07, 6.45) is -4.38. The fourth-order valence-electron chi connectivity index (χ4n) is 0.965. The molecule has 11 nitrogen and oxygen atoms in total. The largest absolute Gasteiger partial charge is 0.397 e. The van der Waals surface area contributed by atoms with Crippen molar-refractivity contribution >= 4 is 10.4 Å². The fourth-order valence-corrected chi connectivity index (χ4v) is 1.27. The van der Waals surface area contributed by atoms with Crippen molar-refractivity contribution in [2.24, 2.45) is 5.11 Å². The Morgan fingerprint density at radius 1 is 1.42 bits per heavy atom. The zero-order valence-electron chi connectivity index (χ0n) is 9.90. The number of ether oxygens (including phenoxy) is 1. The van der Waals surface area contributed by atoms with Crippen molar-refractivity contribution in [1.82, 2.24) is 0 Å². The van der Waals surface area contributed by atoms with Crippen LogP contribution in [-0.4, -0.2) is 66.0 Å². The van der Waals surface area contributed by atoms with Gasteiger partial charge in [-0.2, -0.15) is 8.42 Å². The summed E-state index contributed by atoms with van der Waals surface area (Å²) < 4.78 is 37.9. The van der Waals surface area contributed by atoms with Crippen LogP contribution < -0.4 is 0 Å². The average Bonchev–Trinajstić information content (AvgIpc) is 2.29. The lowest BCUT2D eigenvalue weighted by Gasteiger charge is -2.25. The van der Waals surface area contributed by atoms with Gasteiger partial charge in [0.15, 0.2) is 6.29 Å². The molecular formula is C7H15N3O8S. The fraction of sp³-hybridized carbons (Fsp3) is 1.00. The van der Waals surface area contributed by atoms with Crippen molar-refractivity contribution in [3.05, 3.63) is 10.4 Å². The molecule has 4 N–H and O–H groups in total. The SMILES string of the molecule is C[C@H](O)C(COS(=O)(=O)O)OC(O)[C@H](CO)N=[N+]=[N-]. The van der Waals surface area contributed by atoms with Gasteiger partial charge >= 0.3 is 10.4 Å². The number of hydrogen-bond donors (Lipinski definition) is 4. The zero-order valence-corrected chi connectivity index (χ0v) is 10.7. The van der Waals surface area contributed by atoms with Crippen molar-refractivity contribution in [2.75, 3.05) is 13.2 Å². The van der Waals surface area contributed by atoms with E-state index in [-0.39, 0.29) is 0 Å². The van der Waals surface area contributed by atoms with Gasteiger partial charge in [0.1, 0.15) is 12.1 Å². The van der Waals surface area contributed by atoms with Crippen LogP contribution in [0, 0.1) is 0 Å². The lowest BCUT2D eigenvalue weighted by Crippen LogP contribution is -2.40. The summed E-state index contributed by atoms with van der Waals surface area (Å²) in [6.45, 7) is -0.287. The van der Waals surface area contributed by atoms with Crippen LogP contribution in [0.15, 0.2) is 5.11 Å². The maximum absolute atomic E-state index is 10.4. The molecule has 0 aromatic carbocycles. The molecule has 12 heteroatoms. The third kappa shape index (κ3) is 7.92. The van der Waals surface area contributed by atoms with Crippen LogP contribution in [0.5, 0.6) is 0 Å². The van der Waals surface area contributed by atoms with Crippen molar-refractivity contribution in [3.63, 3.8) is 0 Å². The monoisotopic (exact) mass is 301 g/mol. The minimum Gasteiger partial charge on any atom is -0.396 e. The summed E-state index contributed by atoms with van der Waals surface area (Å²) in [5.41, 5.74) is 8.16. The van der Waals surface area contributed by atoms with E-state index >= 15 is 0 Å². The van der Waals surface area contributed by atoms with Gasteiger partial charge in [0.25, 0.3) is 0 Å². The summed E-state index contributed by atoms with van der Waals surface area (Å²) in [5, 5.41) is 30.6. The second kappa shape index (κ2) is 8.24. The first-order valence-corrected chi connectivity index (χ1v) is 6.36. The Labute approximate surface area is 109 Å². The van der Waals surface area contributed by atoms with Crippen LogP contribution in [0.25, 0.3) is 10.4 Å². The van der Waals surface area contributed by atoms with E-state index in [1.807, 2.05) is 0 Å². The number of azide groups is 1. The minimum atomic E-state index is -4.73. The highest BCUT2D eigenvalue weighted by Crippen LogP contribution is 2.09. The first-order valence-electron chi connectivity index (χ1n) is 4.99. The highest BCUT2D eigenvalue weighted by molar-refractivity contribution is 7.80. The average molecular weight is 301 g/mol. The van der Waals surface area contributed by atoms with E-state index in [9.17, 15) is 18.6 Å². The predicted molar refractivity (Wildman–Crippen MR) is 60.1 cm³/mol. The molecule has 0 fully saturated rings. The van der Waals surface area contributed by atoms with E-state index in [1.54, 1.807) is 0 Å². The molecule has 2 unspecified atom stereocenters. The molecule has 112 valence electrons. The Balaban J connectivity index is 4.61. The second-order valence-electron chi connectivity index (χ2n) is 3.47. The third-order valence-electron chi connectivity index (χ3n) is 1.95. The van der Waals surface area contributed by atoms with Crippen LogP contribution in [0.4, 0.5) is 0 Å². The van der Waals surface area contributed by atoms with Crippen LogP contribution in [-0.2, 0) is 19.3 Å². The highest BCUT2D eigenvalue weighted by atomic mass is 32.3. The Kier molecular flexibility index (Phi) is 7.82. The summed E-state index contributed by atoms with van der Waals surface area (Å²) in [4.78, 5) is 2.36. The van der Waals surface area contributed by atoms with Crippen molar-refractivity contribution in [3.8, 4) is 0 Å². The van der Waals surface area contributed by atoms with Crippen LogP contribution >= 0.6 is 0 Å². The Morgan fingerprint density at radius 3 is 2.37 bits per heavy atom. The van der Waals surface area contributed by atoms with Gasteiger partial charge in [-0.05, 0) is 12.5 Å². The van der Waals surface area contributed by atoms with Crippen LogP contribution in [0.1, 0.15) is 6.92 Å². The molecule has 4 atom stereocenters. The highest BCUT2D eigenvalue weighted by Gasteiger charge is 2.26. The van der Waals surface area contributed by atoms with E-state index < -0.39 is 48.2 Å². The van der Waals surface area contributed by atoms with Crippen LogP contribution in [0.2, 0.25) is 0 Å². The van der Waals surface area contributed by atoms with E-state index in [2.05, 4.69) is 14.2 Å². The molecule has 0 bridgehead atoms. The first kappa shape index (κ1) is 18.0. The molecule has 0 aliphatic carbocycles. The van der Waals surface area contributed by atoms with Gasteiger partial charge in [0, 0.05) is 4.91 Å². The van der Waals surface area contributed by atoms with Crippen LogP contribution in [0.3, 0.4) is 0 Å².